The number of benzene rings is 2. The lowest BCUT2D eigenvalue weighted by Gasteiger charge is -2.11. The zero-order chi connectivity index (χ0) is 15.7. The highest BCUT2D eigenvalue weighted by Gasteiger charge is 2.07. The second-order valence-electron chi connectivity index (χ2n) is 4.98. The largest absolute Gasteiger partial charge is 0.478 e. The van der Waals surface area contributed by atoms with Gasteiger partial charge in [-0.3, -0.25) is 4.98 Å². The van der Waals surface area contributed by atoms with E-state index in [0.29, 0.717) is 5.02 Å². The average Bonchev–Trinajstić information content (AvgIpc) is 2.48. The maximum absolute atomic E-state index is 10.9. The van der Waals surface area contributed by atoms with Gasteiger partial charge in [0.1, 0.15) is 0 Å². The molecule has 0 unspecified atom stereocenters. The molecule has 118 valence electrons. The molecule has 0 aliphatic carbocycles. The van der Waals surface area contributed by atoms with Crippen LogP contribution in [0.5, 0.6) is 0 Å². The number of aromatic nitrogens is 1. The zero-order valence-corrected chi connectivity index (χ0v) is 13.8. The highest BCUT2D eigenvalue weighted by Crippen LogP contribution is 2.28. The number of aryl methyl sites for hydroxylation is 1. The molecule has 0 bridgehead atoms. The molecule has 0 fully saturated rings. The van der Waals surface area contributed by atoms with Crippen LogP contribution in [-0.2, 0) is 0 Å². The fourth-order valence-electron chi connectivity index (χ4n) is 2.29. The van der Waals surface area contributed by atoms with Gasteiger partial charge in [-0.15, -0.1) is 12.4 Å². The number of fused-ring (bicyclic) bond motifs is 1. The van der Waals surface area contributed by atoms with E-state index in [-0.39, 0.29) is 18.0 Å². The predicted molar refractivity (Wildman–Crippen MR) is 95.4 cm³/mol. The highest BCUT2D eigenvalue weighted by atomic mass is 35.5. The first kappa shape index (κ1) is 17.1. The summed E-state index contributed by atoms with van der Waals surface area (Å²) in [5, 5.41) is 13.8. The molecule has 3 aromatic rings. The Labute approximate surface area is 144 Å². The maximum Gasteiger partial charge on any atom is 0.335 e. The SMILES string of the molecule is Cc1cc(Nc2ccc(C(=O)O)cc2)c2cc(Cl)ccc2n1.Cl. The van der Waals surface area contributed by atoms with Crippen LogP contribution >= 0.6 is 24.0 Å². The van der Waals surface area contributed by atoms with Crippen LogP contribution < -0.4 is 5.32 Å². The Balaban J connectivity index is 0.00000192. The lowest BCUT2D eigenvalue weighted by molar-refractivity contribution is 0.0697. The minimum absolute atomic E-state index is 0. The molecule has 1 aromatic heterocycles. The first-order valence-electron chi connectivity index (χ1n) is 6.70. The molecule has 0 saturated heterocycles. The lowest BCUT2D eigenvalue weighted by Crippen LogP contribution is -1.98. The van der Waals surface area contributed by atoms with Crippen LogP contribution in [0.2, 0.25) is 5.02 Å². The number of carboxylic acids is 1. The van der Waals surface area contributed by atoms with Crippen molar-refractivity contribution in [3.05, 3.63) is 64.8 Å². The number of pyridine rings is 1. The third kappa shape index (κ3) is 3.73. The third-order valence-electron chi connectivity index (χ3n) is 3.31. The molecule has 0 radical (unpaired) electrons. The molecule has 0 saturated carbocycles. The average molecular weight is 349 g/mol. The summed E-state index contributed by atoms with van der Waals surface area (Å²) in [4.78, 5) is 15.4. The van der Waals surface area contributed by atoms with E-state index in [4.69, 9.17) is 16.7 Å². The minimum atomic E-state index is -0.941. The van der Waals surface area contributed by atoms with E-state index in [0.717, 1.165) is 28.0 Å². The Kier molecular flexibility index (Phi) is 5.08. The van der Waals surface area contributed by atoms with Gasteiger partial charge in [0, 0.05) is 27.5 Å². The van der Waals surface area contributed by atoms with E-state index >= 15 is 0 Å². The van der Waals surface area contributed by atoms with Gasteiger partial charge in [-0.05, 0) is 55.5 Å². The second-order valence-corrected chi connectivity index (χ2v) is 5.42. The topological polar surface area (TPSA) is 62.2 Å². The van der Waals surface area contributed by atoms with Crippen LogP contribution in [-0.4, -0.2) is 16.1 Å². The van der Waals surface area contributed by atoms with Gasteiger partial charge in [-0.25, -0.2) is 4.79 Å². The summed E-state index contributed by atoms with van der Waals surface area (Å²) >= 11 is 6.07. The zero-order valence-electron chi connectivity index (χ0n) is 12.2. The summed E-state index contributed by atoms with van der Waals surface area (Å²) in [5.41, 5.74) is 3.68. The molecule has 2 N–H and O–H groups in total. The molecule has 0 atom stereocenters. The van der Waals surface area contributed by atoms with Gasteiger partial charge >= 0.3 is 5.97 Å². The van der Waals surface area contributed by atoms with Crippen LogP contribution in [0, 0.1) is 6.92 Å². The quantitative estimate of drug-likeness (QED) is 0.694. The standard InChI is InChI=1S/C17H13ClN2O2.ClH/c1-10-8-16(14-9-12(18)4-7-15(14)19-10)20-13-5-2-11(3-6-13)17(21)22;/h2-9H,1H3,(H,19,20)(H,21,22);1H. The van der Waals surface area contributed by atoms with Crippen molar-refractivity contribution in [3.8, 4) is 0 Å². The van der Waals surface area contributed by atoms with Gasteiger partial charge in [0.15, 0.2) is 0 Å². The summed E-state index contributed by atoms with van der Waals surface area (Å²) in [6, 6.07) is 14.1. The number of hydrogen-bond acceptors (Lipinski definition) is 3. The summed E-state index contributed by atoms with van der Waals surface area (Å²) < 4.78 is 0. The molecule has 23 heavy (non-hydrogen) atoms. The highest BCUT2D eigenvalue weighted by molar-refractivity contribution is 6.31. The van der Waals surface area contributed by atoms with Crippen LogP contribution in [0.1, 0.15) is 16.1 Å². The first-order chi connectivity index (χ1) is 10.5. The van der Waals surface area contributed by atoms with Gasteiger partial charge < -0.3 is 10.4 Å². The number of nitrogens with one attached hydrogen (secondary N) is 1. The molecule has 1 heterocycles. The number of rotatable bonds is 3. The van der Waals surface area contributed by atoms with E-state index in [9.17, 15) is 4.79 Å². The molecule has 0 aliphatic rings. The van der Waals surface area contributed by atoms with Gasteiger partial charge in [0.05, 0.1) is 11.1 Å². The van der Waals surface area contributed by atoms with Crippen molar-refractivity contribution in [3.63, 3.8) is 0 Å². The van der Waals surface area contributed by atoms with Crippen molar-refractivity contribution < 1.29 is 9.90 Å². The minimum Gasteiger partial charge on any atom is -0.478 e. The van der Waals surface area contributed by atoms with Gasteiger partial charge in [-0.2, -0.15) is 0 Å². The number of aromatic carboxylic acids is 1. The summed E-state index contributed by atoms with van der Waals surface area (Å²) in [6.45, 7) is 1.92. The van der Waals surface area contributed by atoms with Crippen molar-refractivity contribution >= 4 is 52.3 Å². The van der Waals surface area contributed by atoms with Crippen molar-refractivity contribution in [1.82, 2.24) is 4.98 Å². The molecular weight excluding hydrogens is 335 g/mol. The van der Waals surface area contributed by atoms with Crippen LogP contribution in [0.4, 0.5) is 11.4 Å². The van der Waals surface area contributed by atoms with E-state index < -0.39 is 5.97 Å². The smallest absolute Gasteiger partial charge is 0.335 e. The Morgan fingerprint density at radius 3 is 2.48 bits per heavy atom. The number of hydrogen-bond donors (Lipinski definition) is 2. The first-order valence-corrected chi connectivity index (χ1v) is 7.08. The monoisotopic (exact) mass is 348 g/mol. The van der Waals surface area contributed by atoms with E-state index in [2.05, 4.69) is 10.3 Å². The molecular formula is C17H14Cl2N2O2. The van der Waals surface area contributed by atoms with Crippen molar-refractivity contribution in [2.24, 2.45) is 0 Å². The maximum atomic E-state index is 10.9. The van der Waals surface area contributed by atoms with E-state index in [1.807, 2.05) is 31.2 Å². The molecule has 2 aromatic carbocycles. The Bertz CT molecular complexity index is 864. The van der Waals surface area contributed by atoms with Gasteiger partial charge in [-0.1, -0.05) is 11.6 Å². The van der Waals surface area contributed by atoms with Crippen molar-refractivity contribution in [1.29, 1.82) is 0 Å². The number of carbonyl (C=O) groups is 1. The van der Waals surface area contributed by atoms with E-state index in [1.165, 1.54) is 0 Å². The summed E-state index contributed by atoms with van der Waals surface area (Å²) in [7, 11) is 0. The molecule has 0 aliphatic heterocycles. The van der Waals surface area contributed by atoms with Crippen molar-refractivity contribution in [2.45, 2.75) is 6.92 Å². The molecule has 0 amide bonds. The van der Waals surface area contributed by atoms with Crippen LogP contribution in [0.15, 0.2) is 48.5 Å². The molecule has 0 spiro atoms. The second kappa shape index (κ2) is 6.86. The molecule has 6 heteroatoms. The Hall–Kier alpha value is -2.30. The Morgan fingerprint density at radius 1 is 1.13 bits per heavy atom. The summed E-state index contributed by atoms with van der Waals surface area (Å²) in [6.07, 6.45) is 0. The lowest BCUT2D eigenvalue weighted by atomic mass is 10.1. The normalized spacial score (nSPS) is 10.2. The van der Waals surface area contributed by atoms with E-state index in [1.54, 1.807) is 24.3 Å². The van der Waals surface area contributed by atoms with Crippen molar-refractivity contribution in [2.75, 3.05) is 5.32 Å². The van der Waals surface area contributed by atoms with Gasteiger partial charge in [0.2, 0.25) is 0 Å². The van der Waals surface area contributed by atoms with Gasteiger partial charge in [0.25, 0.3) is 0 Å². The number of halogens is 2. The summed E-state index contributed by atoms with van der Waals surface area (Å²) in [5.74, 6) is -0.941. The molecule has 3 rings (SSSR count). The molecule has 4 nitrogen and oxygen atoms in total. The fourth-order valence-corrected chi connectivity index (χ4v) is 2.46. The number of nitrogens with zero attached hydrogens (tertiary/aromatic N) is 1. The third-order valence-corrected chi connectivity index (χ3v) is 3.54. The predicted octanol–water partition coefficient (Wildman–Crippen LogP) is 5.06. The van der Waals surface area contributed by atoms with Crippen LogP contribution in [0.25, 0.3) is 10.9 Å². The number of carboxylic acid groups (broad SMARTS) is 1. The fraction of sp³-hybridized carbons (Fsp3) is 0.0588. The Morgan fingerprint density at radius 2 is 1.83 bits per heavy atom. The van der Waals surface area contributed by atoms with Crippen LogP contribution in [0.3, 0.4) is 0 Å². The number of anilines is 2.